The molecule has 0 bridgehead atoms. The molecular weight excluding hydrogens is 122 g/mol. The number of hydrogen-bond donors (Lipinski definition) is 1. The Morgan fingerprint density at radius 3 is 3.30 bits per heavy atom. The van der Waals surface area contributed by atoms with Crippen LogP contribution in [0.1, 0.15) is 19.8 Å². The first-order chi connectivity index (χ1) is 4.81. The molecule has 1 unspecified atom stereocenters. The second-order valence-corrected chi connectivity index (χ2v) is 3.33. The fourth-order valence-electron chi connectivity index (χ4n) is 1.82. The lowest BCUT2D eigenvalue weighted by Gasteiger charge is -2.26. The van der Waals surface area contributed by atoms with Crippen LogP contribution in [0.4, 0.5) is 0 Å². The largest absolute Gasteiger partial charge is 0.307 e. The van der Waals surface area contributed by atoms with Crippen LogP contribution in [0, 0.1) is 0 Å². The summed E-state index contributed by atoms with van der Waals surface area (Å²) in [5, 5.41) is 3.52. The number of rotatable bonds is 0. The molecular formula is C9H13N. The monoisotopic (exact) mass is 135 g/mol. The SMILES string of the molecule is CC12CC=CC=C1CCN2. The second kappa shape index (κ2) is 1.96. The van der Waals surface area contributed by atoms with Gasteiger partial charge in [0.05, 0.1) is 0 Å². The minimum absolute atomic E-state index is 0.314. The van der Waals surface area contributed by atoms with Gasteiger partial charge in [0.1, 0.15) is 0 Å². The van der Waals surface area contributed by atoms with Crippen molar-refractivity contribution in [1.29, 1.82) is 0 Å². The van der Waals surface area contributed by atoms with Crippen LogP contribution in [-0.4, -0.2) is 12.1 Å². The number of hydrogen-bond acceptors (Lipinski definition) is 1. The van der Waals surface area contributed by atoms with Gasteiger partial charge in [-0.25, -0.2) is 0 Å². The number of nitrogens with one attached hydrogen (secondary N) is 1. The summed E-state index contributed by atoms with van der Waals surface area (Å²) in [6, 6.07) is 0. The maximum atomic E-state index is 3.52. The van der Waals surface area contributed by atoms with Crippen LogP contribution >= 0.6 is 0 Å². The van der Waals surface area contributed by atoms with Gasteiger partial charge in [0.2, 0.25) is 0 Å². The van der Waals surface area contributed by atoms with E-state index < -0.39 is 0 Å². The molecule has 54 valence electrons. The van der Waals surface area contributed by atoms with Gasteiger partial charge in [-0.15, -0.1) is 0 Å². The molecule has 2 aliphatic rings. The van der Waals surface area contributed by atoms with Crippen molar-refractivity contribution in [3.8, 4) is 0 Å². The van der Waals surface area contributed by atoms with E-state index in [1.54, 1.807) is 5.57 Å². The average Bonchev–Trinajstić information content (AvgIpc) is 2.29. The summed E-state index contributed by atoms with van der Waals surface area (Å²) in [7, 11) is 0. The van der Waals surface area contributed by atoms with Crippen LogP contribution in [0.15, 0.2) is 23.8 Å². The molecule has 2 rings (SSSR count). The van der Waals surface area contributed by atoms with E-state index >= 15 is 0 Å². The maximum absolute atomic E-state index is 3.52. The standard InChI is InChI=1S/C9H13N/c1-9-6-3-2-4-8(9)5-7-10-9/h2-4,10H,5-7H2,1H3. The van der Waals surface area contributed by atoms with Crippen molar-refractivity contribution in [2.24, 2.45) is 0 Å². The van der Waals surface area contributed by atoms with Crippen molar-refractivity contribution in [1.82, 2.24) is 5.32 Å². The summed E-state index contributed by atoms with van der Waals surface area (Å²) in [4.78, 5) is 0. The van der Waals surface area contributed by atoms with E-state index in [0.29, 0.717) is 5.54 Å². The first-order valence-electron chi connectivity index (χ1n) is 3.92. The van der Waals surface area contributed by atoms with E-state index in [9.17, 15) is 0 Å². The zero-order valence-corrected chi connectivity index (χ0v) is 6.35. The van der Waals surface area contributed by atoms with Crippen LogP contribution in [0.25, 0.3) is 0 Å². The molecule has 1 aliphatic heterocycles. The highest BCUT2D eigenvalue weighted by molar-refractivity contribution is 5.32. The van der Waals surface area contributed by atoms with Gasteiger partial charge in [0, 0.05) is 5.54 Å². The molecule has 1 heteroatoms. The summed E-state index contributed by atoms with van der Waals surface area (Å²) in [5.41, 5.74) is 1.89. The van der Waals surface area contributed by atoms with Crippen LogP contribution in [-0.2, 0) is 0 Å². The molecule has 1 saturated heterocycles. The van der Waals surface area contributed by atoms with Crippen LogP contribution in [0.5, 0.6) is 0 Å². The average molecular weight is 135 g/mol. The van der Waals surface area contributed by atoms with Crippen molar-refractivity contribution in [3.63, 3.8) is 0 Å². The predicted molar refractivity (Wildman–Crippen MR) is 42.9 cm³/mol. The van der Waals surface area contributed by atoms with E-state index in [-0.39, 0.29) is 0 Å². The van der Waals surface area contributed by atoms with E-state index in [2.05, 4.69) is 30.5 Å². The highest BCUT2D eigenvalue weighted by atomic mass is 15.0. The molecule has 0 aromatic carbocycles. The first-order valence-corrected chi connectivity index (χ1v) is 3.92. The van der Waals surface area contributed by atoms with Crippen molar-refractivity contribution in [2.45, 2.75) is 25.3 Å². The normalized spacial score (nSPS) is 37.5. The van der Waals surface area contributed by atoms with Gasteiger partial charge < -0.3 is 5.32 Å². The van der Waals surface area contributed by atoms with Gasteiger partial charge in [0.25, 0.3) is 0 Å². The number of fused-ring (bicyclic) bond motifs is 1. The van der Waals surface area contributed by atoms with Gasteiger partial charge in [-0.05, 0) is 31.9 Å². The molecule has 1 heterocycles. The van der Waals surface area contributed by atoms with E-state index in [1.807, 2.05) is 0 Å². The fraction of sp³-hybridized carbons (Fsp3) is 0.556. The molecule has 0 aromatic heterocycles. The summed E-state index contributed by atoms with van der Waals surface area (Å²) < 4.78 is 0. The molecule has 1 aliphatic carbocycles. The second-order valence-electron chi connectivity index (χ2n) is 3.33. The molecule has 0 spiro atoms. The van der Waals surface area contributed by atoms with Crippen molar-refractivity contribution >= 4 is 0 Å². The number of allylic oxidation sites excluding steroid dienone is 2. The molecule has 10 heavy (non-hydrogen) atoms. The smallest absolute Gasteiger partial charge is 0.0403 e. The van der Waals surface area contributed by atoms with Crippen molar-refractivity contribution in [2.75, 3.05) is 6.54 Å². The van der Waals surface area contributed by atoms with Gasteiger partial charge in [-0.2, -0.15) is 0 Å². The van der Waals surface area contributed by atoms with E-state index in [4.69, 9.17) is 0 Å². The third kappa shape index (κ3) is 0.739. The Bertz CT molecular complexity index is 203. The summed E-state index contributed by atoms with van der Waals surface area (Å²) in [5.74, 6) is 0. The molecule has 0 radical (unpaired) electrons. The van der Waals surface area contributed by atoms with Gasteiger partial charge >= 0.3 is 0 Å². The van der Waals surface area contributed by atoms with Gasteiger partial charge in [-0.1, -0.05) is 18.2 Å². The fourth-order valence-corrected chi connectivity index (χ4v) is 1.82. The van der Waals surface area contributed by atoms with Crippen LogP contribution in [0.2, 0.25) is 0 Å². The third-order valence-electron chi connectivity index (χ3n) is 2.58. The minimum Gasteiger partial charge on any atom is -0.307 e. The minimum atomic E-state index is 0.314. The molecule has 1 nitrogen and oxygen atoms in total. The van der Waals surface area contributed by atoms with E-state index in [1.165, 1.54) is 12.8 Å². The Morgan fingerprint density at radius 1 is 1.60 bits per heavy atom. The molecule has 1 fully saturated rings. The zero-order valence-electron chi connectivity index (χ0n) is 6.35. The van der Waals surface area contributed by atoms with Crippen LogP contribution in [0.3, 0.4) is 0 Å². The highest BCUT2D eigenvalue weighted by Gasteiger charge is 2.32. The van der Waals surface area contributed by atoms with E-state index in [0.717, 1.165) is 6.54 Å². The molecule has 1 N–H and O–H groups in total. The summed E-state index contributed by atoms with van der Waals surface area (Å²) >= 11 is 0. The third-order valence-corrected chi connectivity index (χ3v) is 2.58. The van der Waals surface area contributed by atoms with Gasteiger partial charge in [-0.3, -0.25) is 0 Å². The lowest BCUT2D eigenvalue weighted by molar-refractivity contribution is 0.481. The van der Waals surface area contributed by atoms with Crippen molar-refractivity contribution in [3.05, 3.63) is 23.8 Å². The summed E-state index contributed by atoms with van der Waals surface area (Å²) in [6.45, 7) is 3.44. The Morgan fingerprint density at radius 2 is 2.50 bits per heavy atom. The first kappa shape index (κ1) is 6.17. The molecule has 0 aromatic rings. The molecule has 0 amide bonds. The Labute approximate surface area is 61.8 Å². The zero-order chi connectivity index (χ0) is 7.03. The van der Waals surface area contributed by atoms with Crippen LogP contribution < -0.4 is 5.32 Å². The summed E-state index contributed by atoms with van der Waals surface area (Å²) in [6.07, 6.45) is 9.06. The predicted octanol–water partition coefficient (Wildman–Crippen LogP) is 1.62. The molecule has 0 saturated carbocycles. The topological polar surface area (TPSA) is 12.0 Å². The van der Waals surface area contributed by atoms with Crippen molar-refractivity contribution < 1.29 is 0 Å². The Balaban J connectivity index is 2.34. The quantitative estimate of drug-likeness (QED) is 0.532. The molecule has 1 atom stereocenters. The highest BCUT2D eigenvalue weighted by Crippen LogP contribution is 2.31. The Kier molecular flexibility index (Phi) is 1.21. The lowest BCUT2D eigenvalue weighted by atomic mass is 9.87. The Hall–Kier alpha value is -0.560. The van der Waals surface area contributed by atoms with Gasteiger partial charge in [0.15, 0.2) is 0 Å². The lowest BCUT2D eigenvalue weighted by Crippen LogP contribution is -2.37. The maximum Gasteiger partial charge on any atom is 0.0403 e.